The van der Waals surface area contributed by atoms with Gasteiger partial charge < -0.3 is 10.6 Å². The maximum Gasteiger partial charge on any atom is 0.244 e. The summed E-state index contributed by atoms with van der Waals surface area (Å²) in [6.07, 6.45) is 5.91. The summed E-state index contributed by atoms with van der Waals surface area (Å²) in [5.41, 5.74) is 0.902. The summed E-state index contributed by atoms with van der Waals surface area (Å²) in [6, 6.07) is 7.60. The Morgan fingerprint density at radius 3 is 2.66 bits per heavy atom. The minimum atomic E-state index is -0.369. The third kappa shape index (κ3) is 7.52. The number of carbonyl (C=O) groups excluding carboxylic acids is 1. The summed E-state index contributed by atoms with van der Waals surface area (Å²) >= 11 is 5.00. The molecule has 1 amide bonds. The molecule has 3 heterocycles. The van der Waals surface area contributed by atoms with Gasteiger partial charge in [0.1, 0.15) is 17.7 Å². The van der Waals surface area contributed by atoms with E-state index in [9.17, 15) is 4.79 Å². The Kier molecular flexibility index (Phi) is 10.6. The quantitative estimate of drug-likeness (QED) is 0.308. The van der Waals surface area contributed by atoms with E-state index < -0.39 is 0 Å². The van der Waals surface area contributed by atoms with Crippen molar-refractivity contribution in [2.75, 3.05) is 30.3 Å². The lowest BCUT2D eigenvalue weighted by atomic mass is 10.0. The van der Waals surface area contributed by atoms with Crippen LogP contribution in [-0.2, 0) is 11.3 Å². The van der Waals surface area contributed by atoms with Crippen molar-refractivity contribution in [2.24, 2.45) is 5.92 Å². The fraction of sp³-hybridized carbons (Fsp3) is 0.500. The molecule has 35 heavy (non-hydrogen) atoms. The molecule has 2 aliphatic heterocycles. The van der Waals surface area contributed by atoms with Gasteiger partial charge in [0.15, 0.2) is 0 Å². The first-order chi connectivity index (χ1) is 16.9. The molecule has 190 valence electrons. The highest BCUT2D eigenvalue weighted by Gasteiger charge is 2.34. The van der Waals surface area contributed by atoms with Crippen molar-refractivity contribution < 1.29 is 4.79 Å². The molecule has 2 bridgehead atoms. The Bertz CT molecular complexity index is 1030. The van der Waals surface area contributed by atoms with Gasteiger partial charge in [-0.3, -0.25) is 9.69 Å². The van der Waals surface area contributed by atoms with Crippen molar-refractivity contribution in [3.8, 4) is 0 Å². The van der Waals surface area contributed by atoms with Crippen molar-refractivity contribution in [1.82, 2.24) is 24.5 Å². The number of rotatable bonds is 5. The number of fused-ring (bicyclic) bond motifs is 5. The molecule has 7 nitrogen and oxygen atoms in total. The fourth-order valence-electron chi connectivity index (χ4n) is 4.01. The first kappa shape index (κ1) is 27.6. The van der Waals surface area contributed by atoms with Gasteiger partial charge in [-0.25, -0.2) is 14.3 Å². The van der Waals surface area contributed by atoms with Crippen LogP contribution in [0.25, 0.3) is 10.9 Å². The van der Waals surface area contributed by atoms with Crippen LogP contribution in [0.15, 0.2) is 49.1 Å². The molecular formula is C26H37BrN6OS. The zero-order chi connectivity index (χ0) is 25.4. The smallest absolute Gasteiger partial charge is 0.244 e. The summed E-state index contributed by atoms with van der Waals surface area (Å²) in [4.78, 5) is 25.2. The molecule has 1 fully saturated rings. The van der Waals surface area contributed by atoms with Crippen LogP contribution in [0.2, 0.25) is 0 Å². The van der Waals surface area contributed by atoms with Gasteiger partial charge in [0.05, 0.1) is 18.2 Å². The lowest BCUT2D eigenvalue weighted by molar-refractivity contribution is -0.125. The van der Waals surface area contributed by atoms with Gasteiger partial charge in [0, 0.05) is 35.6 Å². The Morgan fingerprint density at radius 1 is 1.23 bits per heavy atom. The summed E-state index contributed by atoms with van der Waals surface area (Å²) < 4.78 is 2.32. The number of nitrogens with one attached hydrogen (secondary N) is 2. The van der Waals surface area contributed by atoms with Gasteiger partial charge >= 0.3 is 0 Å². The summed E-state index contributed by atoms with van der Waals surface area (Å²) in [7, 11) is 0. The van der Waals surface area contributed by atoms with Gasteiger partial charge in [-0.2, -0.15) is 0 Å². The SMILES string of the molecule is C/C=C\CBr.C=CC(C)SN1CCN2Cc3nc(c4ccccc4n3)NC(C(C)C)C(=O)NC2C1. The van der Waals surface area contributed by atoms with Gasteiger partial charge in [-0.15, -0.1) is 6.58 Å². The molecule has 3 atom stereocenters. The third-order valence-corrected chi connectivity index (χ3v) is 7.50. The van der Waals surface area contributed by atoms with Crippen LogP contribution in [-0.4, -0.2) is 67.5 Å². The van der Waals surface area contributed by atoms with E-state index in [1.54, 1.807) is 11.9 Å². The Morgan fingerprint density at radius 2 is 2.00 bits per heavy atom. The van der Waals surface area contributed by atoms with Gasteiger partial charge in [0.2, 0.25) is 5.91 Å². The van der Waals surface area contributed by atoms with Crippen molar-refractivity contribution in [2.45, 2.75) is 51.7 Å². The third-order valence-electron chi connectivity index (χ3n) is 5.97. The number of anilines is 1. The van der Waals surface area contributed by atoms with E-state index in [0.717, 1.165) is 47.5 Å². The Balaban J connectivity index is 0.000000623. The second kappa shape index (κ2) is 13.4. The first-order valence-electron chi connectivity index (χ1n) is 12.1. The minimum Gasteiger partial charge on any atom is -0.358 e. The Labute approximate surface area is 222 Å². The molecule has 9 heteroatoms. The number of alkyl halides is 1. The van der Waals surface area contributed by atoms with Crippen LogP contribution in [0.5, 0.6) is 0 Å². The number of benzene rings is 1. The standard InChI is InChI=1S/C22H30N6OS.C4H7Br/c1-5-15(4)30-28-11-10-27-12-18-23-17-9-7-6-8-16(17)21(24-18)26-20(14(2)3)22(29)25-19(27)13-28;1-2-3-4-5/h5-9,14-15,19-20H,1,10-13H2,2-4H3,(H,25,29)(H,23,24,26);2-3H,4H2,1H3/b;3-2-. The van der Waals surface area contributed by atoms with E-state index in [0.29, 0.717) is 11.8 Å². The second-order valence-corrected chi connectivity index (χ2v) is 11.1. The molecule has 1 saturated heterocycles. The predicted molar refractivity (Wildman–Crippen MR) is 152 cm³/mol. The molecule has 0 spiro atoms. The maximum absolute atomic E-state index is 13.3. The van der Waals surface area contributed by atoms with Crippen molar-refractivity contribution in [1.29, 1.82) is 0 Å². The average Bonchev–Trinajstić information content (AvgIpc) is 2.84. The molecule has 2 aliphatic rings. The van der Waals surface area contributed by atoms with Crippen LogP contribution in [0, 0.1) is 5.92 Å². The van der Waals surface area contributed by atoms with E-state index in [4.69, 9.17) is 9.97 Å². The highest BCUT2D eigenvalue weighted by atomic mass is 79.9. The van der Waals surface area contributed by atoms with Gasteiger partial charge in [0.25, 0.3) is 0 Å². The summed E-state index contributed by atoms with van der Waals surface area (Å²) in [5.74, 6) is 1.64. The normalized spacial score (nSPS) is 22.1. The Hall–Kier alpha value is -1.94. The zero-order valence-electron chi connectivity index (χ0n) is 21.1. The molecule has 0 aliphatic carbocycles. The minimum absolute atomic E-state index is 0.00904. The van der Waals surface area contributed by atoms with Crippen LogP contribution < -0.4 is 10.6 Å². The number of amides is 1. The van der Waals surface area contributed by atoms with E-state index in [1.165, 1.54) is 0 Å². The first-order valence-corrected chi connectivity index (χ1v) is 14.1. The molecular weight excluding hydrogens is 524 g/mol. The van der Waals surface area contributed by atoms with Gasteiger partial charge in [-0.05, 0) is 31.9 Å². The van der Waals surface area contributed by atoms with E-state index in [-0.39, 0.29) is 24.0 Å². The fourth-order valence-corrected chi connectivity index (χ4v) is 5.35. The predicted octanol–water partition coefficient (Wildman–Crippen LogP) is 4.82. The lowest BCUT2D eigenvalue weighted by Gasteiger charge is -2.42. The number of allylic oxidation sites excluding steroid dienone is 2. The number of halogens is 1. The van der Waals surface area contributed by atoms with Crippen LogP contribution in [0.4, 0.5) is 5.82 Å². The number of carbonyl (C=O) groups is 1. The maximum atomic E-state index is 13.3. The van der Waals surface area contributed by atoms with Crippen molar-refractivity contribution >= 4 is 50.5 Å². The lowest BCUT2D eigenvalue weighted by Crippen LogP contribution is -2.61. The van der Waals surface area contributed by atoms with Crippen LogP contribution >= 0.6 is 27.9 Å². The molecule has 3 unspecified atom stereocenters. The highest BCUT2D eigenvalue weighted by molar-refractivity contribution is 9.09. The molecule has 1 aromatic heterocycles. The number of para-hydroxylation sites is 1. The topological polar surface area (TPSA) is 73.4 Å². The number of hydrogen-bond donors (Lipinski definition) is 2. The molecule has 0 saturated carbocycles. The summed E-state index contributed by atoms with van der Waals surface area (Å²) in [6.45, 7) is 15.2. The number of hydrogen-bond acceptors (Lipinski definition) is 7. The summed E-state index contributed by atoms with van der Waals surface area (Å²) in [5, 5.41) is 8.96. The number of piperazine rings is 1. The van der Waals surface area contributed by atoms with Crippen LogP contribution in [0.1, 0.15) is 33.5 Å². The highest BCUT2D eigenvalue weighted by Crippen LogP contribution is 2.26. The average molecular weight is 562 g/mol. The largest absolute Gasteiger partial charge is 0.358 e. The van der Waals surface area contributed by atoms with Crippen LogP contribution in [0.3, 0.4) is 0 Å². The second-order valence-electron chi connectivity index (χ2n) is 9.02. The monoisotopic (exact) mass is 560 g/mol. The van der Waals surface area contributed by atoms with Gasteiger partial charge in [-0.1, -0.05) is 72.1 Å². The molecule has 4 rings (SSSR count). The van der Waals surface area contributed by atoms with E-state index in [2.05, 4.69) is 63.1 Å². The van der Waals surface area contributed by atoms with E-state index in [1.807, 2.05) is 49.4 Å². The zero-order valence-corrected chi connectivity index (χ0v) is 23.5. The number of aromatic nitrogens is 2. The molecule has 0 radical (unpaired) electrons. The molecule has 1 aromatic carbocycles. The van der Waals surface area contributed by atoms with Crippen molar-refractivity contribution in [3.63, 3.8) is 0 Å². The van der Waals surface area contributed by atoms with E-state index >= 15 is 0 Å². The molecule has 2 N–H and O–H groups in total. The molecule has 2 aromatic rings. The number of nitrogens with zero attached hydrogens (tertiary/aromatic N) is 4. The van der Waals surface area contributed by atoms with Crippen molar-refractivity contribution in [3.05, 3.63) is 54.9 Å².